The van der Waals surface area contributed by atoms with Gasteiger partial charge in [-0.05, 0) is 49.6 Å². The number of hydrogen-bond donors (Lipinski definition) is 1. The molecular weight excluding hydrogens is 421 g/mol. The van der Waals surface area contributed by atoms with Crippen LogP contribution in [0, 0.1) is 12.8 Å². The van der Waals surface area contributed by atoms with E-state index in [2.05, 4.69) is 20.6 Å². The number of anilines is 2. The van der Waals surface area contributed by atoms with Crippen molar-refractivity contribution in [3.8, 4) is 0 Å². The molecule has 1 aliphatic heterocycles. The second kappa shape index (κ2) is 7.75. The van der Waals surface area contributed by atoms with Crippen LogP contribution in [0.5, 0.6) is 0 Å². The number of benzene rings is 1. The van der Waals surface area contributed by atoms with Gasteiger partial charge in [0, 0.05) is 29.7 Å². The lowest BCUT2D eigenvalue weighted by Gasteiger charge is -2.32. The van der Waals surface area contributed by atoms with Gasteiger partial charge in [0.2, 0.25) is 5.91 Å². The maximum absolute atomic E-state index is 13.1. The molecule has 1 N–H and O–H groups in total. The van der Waals surface area contributed by atoms with E-state index in [0.717, 1.165) is 5.56 Å². The first-order chi connectivity index (χ1) is 14.2. The monoisotopic (exact) mass is 438 g/mol. The number of nitrogens with one attached hydrogen (secondary N) is 1. The van der Waals surface area contributed by atoms with E-state index in [1.54, 1.807) is 24.3 Å². The molecule has 0 aliphatic carbocycles. The third-order valence-corrected chi connectivity index (χ3v) is 5.63. The number of aromatic nitrogens is 4. The Morgan fingerprint density at radius 2 is 1.90 bits per heavy atom. The first-order valence-electron chi connectivity index (χ1n) is 9.34. The molecule has 0 bridgehead atoms. The number of carbonyl (C=O) groups is 1. The van der Waals surface area contributed by atoms with Crippen LogP contribution in [0.25, 0.3) is 5.65 Å². The van der Waals surface area contributed by atoms with E-state index in [4.69, 9.17) is 11.6 Å². The molecule has 158 valence electrons. The highest BCUT2D eigenvalue weighted by molar-refractivity contribution is 6.31. The lowest BCUT2D eigenvalue weighted by molar-refractivity contribution is -0.146. The molecule has 0 unspecified atom stereocenters. The Kier molecular flexibility index (Phi) is 5.27. The molecule has 0 saturated carbocycles. The van der Waals surface area contributed by atoms with Gasteiger partial charge >= 0.3 is 6.18 Å². The summed E-state index contributed by atoms with van der Waals surface area (Å²) in [7, 11) is 0. The van der Waals surface area contributed by atoms with Crippen molar-refractivity contribution in [2.75, 3.05) is 23.3 Å². The van der Waals surface area contributed by atoms with Crippen molar-refractivity contribution in [2.45, 2.75) is 25.9 Å². The van der Waals surface area contributed by atoms with E-state index in [0.29, 0.717) is 47.0 Å². The molecule has 11 heteroatoms. The van der Waals surface area contributed by atoms with Crippen LogP contribution in [0.1, 0.15) is 24.2 Å². The minimum atomic E-state index is -4.64. The summed E-state index contributed by atoms with van der Waals surface area (Å²) in [4.78, 5) is 14.5. The zero-order valence-corrected chi connectivity index (χ0v) is 16.7. The van der Waals surface area contributed by atoms with E-state index in [9.17, 15) is 18.0 Å². The van der Waals surface area contributed by atoms with E-state index in [-0.39, 0.29) is 17.5 Å². The Balaban J connectivity index is 1.44. The van der Waals surface area contributed by atoms with Crippen LogP contribution in [-0.2, 0) is 11.0 Å². The molecule has 1 saturated heterocycles. The Labute approximate surface area is 174 Å². The topological polar surface area (TPSA) is 75.4 Å². The smallest absolute Gasteiger partial charge is 0.355 e. The highest BCUT2D eigenvalue weighted by Gasteiger charge is 2.38. The van der Waals surface area contributed by atoms with Crippen LogP contribution < -0.4 is 10.2 Å². The van der Waals surface area contributed by atoms with Gasteiger partial charge in [0.25, 0.3) is 5.82 Å². The zero-order valence-electron chi connectivity index (χ0n) is 15.9. The third kappa shape index (κ3) is 3.91. The summed E-state index contributed by atoms with van der Waals surface area (Å²) in [5.41, 5.74) is 1.50. The summed E-state index contributed by atoms with van der Waals surface area (Å²) in [6.45, 7) is 2.83. The molecular formula is C19H18ClF3N6O. The molecule has 0 radical (unpaired) electrons. The maximum atomic E-state index is 13.1. The number of amides is 1. The van der Waals surface area contributed by atoms with Gasteiger partial charge in [-0.15, -0.1) is 15.3 Å². The van der Waals surface area contributed by atoms with Crippen molar-refractivity contribution < 1.29 is 18.0 Å². The number of fused-ring (bicyclic) bond motifs is 1. The van der Waals surface area contributed by atoms with Crippen LogP contribution in [0.2, 0.25) is 5.02 Å². The number of nitrogens with zero attached hydrogens (tertiary/aromatic N) is 5. The van der Waals surface area contributed by atoms with Crippen molar-refractivity contribution in [1.82, 2.24) is 19.8 Å². The van der Waals surface area contributed by atoms with Crippen molar-refractivity contribution in [2.24, 2.45) is 5.92 Å². The van der Waals surface area contributed by atoms with Gasteiger partial charge in [-0.3, -0.25) is 4.79 Å². The molecule has 3 heterocycles. The summed E-state index contributed by atoms with van der Waals surface area (Å²) in [5, 5.41) is 14.3. The van der Waals surface area contributed by atoms with Crippen LogP contribution in [0.3, 0.4) is 0 Å². The lowest BCUT2D eigenvalue weighted by atomic mass is 9.95. The van der Waals surface area contributed by atoms with Gasteiger partial charge in [0.15, 0.2) is 5.65 Å². The fourth-order valence-corrected chi connectivity index (χ4v) is 3.65. The number of carbonyl (C=O) groups excluding carboxylic acids is 1. The van der Waals surface area contributed by atoms with E-state index in [1.165, 1.54) is 6.07 Å². The number of halogens is 4. The molecule has 4 rings (SSSR count). The summed E-state index contributed by atoms with van der Waals surface area (Å²) in [5.74, 6) is -1.08. The molecule has 30 heavy (non-hydrogen) atoms. The van der Waals surface area contributed by atoms with Gasteiger partial charge in [0.1, 0.15) is 5.82 Å². The van der Waals surface area contributed by atoms with Crippen molar-refractivity contribution in [1.29, 1.82) is 0 Å². The molecule has 3 aromatic rings. The van der Waals surface area contributed by atoms with Gasteiger partial charge < -0.3 is 10.2 Å². The van der Waals surface area contributed by atoms with Crippen LogP contribution in [0.4, 0.5) is 24.7 Å². The maximum Gasteiger partial charge on any atom is 0.453 e. The number of rotatable bonds is 3. The number of hydrogen-bond acceptors (Lipinski definition) is 5. The van der Waals surface area contributed by atoms with Gasteiger partial charge in [0.05, 0.1) is 0 Å². The average Bonchev–Trinajstić information content (AvgIpc) is 3.15. The van der Waals surface area contributed by atoms with Crippen LogP contribution in [0.15, 0.2) is 30.3 Å². The predicted molar refractivity (Wildman–Crippen MR) is 106 cm³/mol. The summed E-state index contributed by atoms with van der Waals surface area (Å²) < 4.78 is 39.9. The van der Waals surface area contributed by atoms with Gasteiger partial charge in [-0.1, -0.05) is 17.7 Å². The Hall–Kier alpha value is -2.88. The molecule has 2 aromatic heterocycles. The SMILES string of the molecule is Cc1c(Cl)cccc1NC(=O)C1CCN(c2ccc3nnc(C(F)(F)F)n3n2)CC1. The molecule has 0 spiro atoms. The Bertz CT molecular complexity index is 1090. The second-order valence-electron chi connectivity index (χ2n) is 7.15. The number of alkyl halides is 3. The number of piperidine rings is 1. The highest BCUT2D eigenvalue weighted by Crippen LogP contribution is 2.29. The van der Waals surface area contributed by atoms with E-state index >= 15 is 0 Å². The second-order valence-corrected chi connectivity index (χ2v) is 7.55. The molecule has 0 atom stereocenters. The molecule has 1 aromatic carbocycles. The Morgan fingerprint density at radius 3 is 2.60 bits per heavy atom. The summed E-state index contributed by atoms with van der Waals surface area (Å²) in [6, 6.07) is 8.39. The van der Waals surface area contributed by atoms with Crippen LogP contribution >= 0.6 is 11.6 Å². The zero-order chi connectivity index (χ0) is 21.5. The average molecular weight is 439 g/mol. The predicted octanol–water partition coefficient (Wildman–Crippen LogP) is 3.96. The van der Waals surface area contributed by atoms with Crippen LogP contribution in [-0.4, -0.2) is 38.8 Å². The first-order valence-corrected chi connectivity index (χ1v) is 9.72. The van der Waals surface area contributed by atoms with Crippen molar-refractivity contribution >= 4 is 34.7 Å². The third-order valence-electron chi connectivity index (χ3n) is 5.22. The molecule has 7 nitrogen and oxygen atoms in total. The van der Waals surface area contributed by atoms with E-state index in [1.807, 2.05) is 11.8 Å². The Morgan fingerprint density at radius 1 is 1.17 bits per heavy atom. The van der Waals surface area contributed by atoms with Crippen molar-refractivity contribution in [3.63, 3.8) is 0 Å². The first kappa shape index (κ1) is 20.4. The largest absolute Gasteiger partial charge is 0.453 e. The van der Waals surface area contributed by atoms with Gasteiger partial charge in [-0.2, -0.15) is 17.7 Å². The van der Waals surface area contributed by atoms with Crippen molar-refractivity contribution in [3.05, 3.63) is 46.7 Å². The minimum absolute atomic E-state index is 0.0252. The molecule has 1 fully saturated rings. The molecule has 1 aliphatic rings. The normalized spacial score (nSPS) is 15.6. The fourth-order valence-electron chi connectivity index (χ4n) is 3.47. The quantitative estimate of drug-likeness (QED) is 0.670. The lowest BCUT2D eigenvalue weighted by Crippen LogP contribution is -2.38. The highest BCUT2D eigenvalue weighted by atomic mass is 35.5. The molecule has 1 amide bonds. The van der Waals surface area contributed by atoms with E-state index < -0.39 is 12.0 Å². The van der Waals surface area contributed by atoms with Gasteiger partial charge in [-0.25, -0.2) is 0 Å². The summed E-state index contributed by atoms with van der Waals surface area (Å²) in [6.07, 6.45) is -3.53. The summed E-state index contributed by atoms with van der Waals surface area (Å²) >= 11 is 6.10. The standard InChI is InChI=1S/C19H18ClF3N6O/c1-11-13(20)3-2-4-14(11)24-17(30)12-7-9-28(10-8-12)16-6-5-15-25-26-18(19(21,22)23)29(15)27-16/h2-6,12H,7-10H2,1H3,(H,24,30). The minimum Gasteiger partial charge on any atom is -0.355 e. The fraction of sp³-hybridized carbons (Fsp3) is 0.368.